The SMILES string of the molecule is CCCCCCCC[O][Sn]([Cl])[Cl]. The molecule has 1 radical (unpaired) electrons. The summed E-state index contributed by atoms with van der Waals surface area (Å²) in [6.45, 7) is 3.00. The van der Waals surface area contributed by atoms with E-state index in [0.717, 1.165) is 13.0 Å². The van der Waals surface area contributed by atoms with Crippen LogP contribution in [0.25, 0.3) is 0 Å². The second-order valence-corrected chi connectivity index (χ2v) is 10.9. The summed E-state index contributed by atoms with van der Waals surface area (Å²) in [4.78, 5) is 0. The van der Waals surface area contributed by atoms with Crippen molar-refractivity contribution < 1.29 is 3.07 Å². The molecule has 0 aliphatic rings. The molecule has 1 nitrogen and oxygen atoms in total. The first-order chi connectivity index (χ1) is 5.77. The molecule has 0 saturated carbocycles. The average Bonchev–Trinajstić information content (AvgIpc) is 2.02. The molecule has 0 N–H and O–H groups in total. The second-order valence-electron chi connectivity index (χ2n) is 2.84. The number of halogens is 2. The Morgan fingerprint density at radius 3 is 2.17 bits per heavy atom. The molecule has 0 aliphatic heterocycles. The van der Waals surface area contributed by atoms with Crippen molar-refractivity contribution in [2.45, 2.75) is 45.4 Å². The Hall–Kier alpha value is 1.34. The zero-order chi connectivity index (χ0) is 9.23. The number of rotatable bonds is 8. The van der Waals surface area contributed by atoms with Crippen LogP contribution >= 0.6 is 17.8 Å². The van der Waals surface area contributed by atoms with Crippen LogP contribution in [0, 0.1) is 0 Å². The first-order valence-corrected chi connectivity index (χ1v) is 13.0. The molecule has 0 bridgehead atoms. The first kappa shape index (κ1) is 13.3. The van der Waals surface area contributed by atoms with Crippen LogP contribution in [0.3, 0.4) is 0 Å². The van der Waals surface area contributed by atoms with E-state index >= 15 is 0 Å². The molecular weight excluding hydrogens is 302 g/mol. The molecule has 4 heteroatoms. The van der Waals surface area contributed by atoms with Crippen LogP contribution in [0.2, 0.25) is 0 Å². The van der Waals surface area contributed by atoms with Gasteiger partial charge in [0.2, 0.25) is 0 Å². The summed E-state index contributed by atoms with van der Waals surface area (Å²) in [7, 11) is 11.2. The van der Waals surface area contributed by atoms with Gasteiger partial charge in [0.1, 0.15) is 0 Å². The van der Waals surface area contributed by atoms with Crippen molar-refractivity contribution in [3.05, 3.63) is 0 Å². The topological polar surface area (TPSA) is 9.23 Å². The fourth-order valence-corrected chi connectivity index (χ4v) is 2.92. The van der Waals surface area contributed by atoms with Crippen LogP contribution in [-0.2, 0) is 3.07 Å². The van der Waals surface area contributed by atoms with Crippen LogP contribution in [-0.4, -0.2) is 24.5 Å². The Morgan fingerprint density at radius 1 is 1.00 bits per heavy atom. The fourth-order valence-electron chi connectivity index (χ4n) is 1.03. The Bertz CT molecular complexity index is 91.1. The maximum absolute atomic E-state index is 5.58. The molecule has 0 unspecified atom stereocenters. The van der Waals surface area contributed by atoms with E-state index < -0.39 is 17.9 Å². The van der Waals surface area contributed by atoms with E-state index in [-0.39, 0.29) is 0 Å². The van der Waals surface area contributed by atoms with E-state index in [2.05, 4.69) is 6.92 Å². The van der Waals surface area contributed by atoms with Crippen LogP contribution in [0.4, 0.5) is 0 Å². The standard InChI is InChI=1S/C8H17O.2ClH.Sn/c1-2-3-4-5-6-7-8-9;;;/h2-8H2,1H3;2*1H;/q-1;;;+3/p-2. The molecule has 0 saturated heterocycles. The molecule has 0 rings (SSSR count). The van der Waals surface area contributed by atoms with Gasteiger partial charge in [-0.3, -0.25) is 0 Å². The summed E-state index contributed by atoms with van der Waals surface area (Å²) >= 11 is -2.26. The van der Waals surface area contributed by atoms with Gasteiger partial charge in [-0.2, -0.15) is 0 Å². The van der Waals surface area contributed by atoms with E-state index in [9.17, 15) is 0 Å². The Labute approximate surface area is 90.5 Å². The Kier molecular flexibility index (Phi) is 11.6. The average molecular weight is 319 g/mol. The van der Waals surface area contributed by atoms with Gasteiger partial charge in [0.25, 0.3) is 0 Å². The van der Waals surface area contributed by atoms with Crippen LogP contribution < -0.4 is 0 Å². The van der Waals surface area contributed by atoms with Crippen molar-refractivity contribution in [2.24, 2.45) is 0 Å². The minimum absolute atomic E-state index is 0.772. The van der Waals surface area contributed by atoms with Gasteiger partial charge in [-0.1, -0.05) is 0 Å². The van der Waals surface area contributed by atoms with Crippen molar-refractivity contribution in [3.8, 4) is 0 Å². The Balaban J connectivity index is 2.82. The predicted octanol–water partition coefficient (Wildman–Crippen LogP) is 3.83. The minimum atomic E-state index is -2.26. The molecule has 0 aliphatic carbocycles. The van der Waals surface area contributed by atoms with Crippen molar-refractivity contribution in [1.29, 1.82) is 0 Å². The van der Waals surface area contributed by atoms with Gasteiger partial charge in [-0.25, -0.2) is 0 Å². The van der Waals surface area contributed by atoms with Gasteiger partial charge in [0.05, 0.1) is 0 Å². The summed E-state index contributed by atoms with van der Waals surface area (Å²) in [6.07, 6.45) is 7.70. The van der Waals surface area contributed by atoms with Crippen molar-refractivity contribution >= 4 is 35.8 Å². The van der Waals surface area contributed by atoms with Gasteiger partial charge in [0.15, 0.2) is 0 Å². The van der Waals surface area contributed by atoms with Crippen LogP contribution in [0.15, 0.2) is 0 Å². The third-order valence-electron chi connectivity index (χ3n) is 1.71. The molecular formula is C8H17Cl2OSn. The van der Waals surface area contributed by atoms with Crippen molar-refractivity contribution in [3.63, 3.8) is 0 Å². The van der Waals surface area contributed by atoms with E-state index in [1.54, 1.807) is 0 Å². The fraction of sp³-hybridized carbons (Fsp3) is 1.00. The van der Waals surface area contributed by atoms with E-state index in [4.69, 9.17) is 20.9 Å². The van der Waals surface area contributed by atoms with Gasteiger partial charge >= 0.3 is 90.9 Å². The summed E-state index contributed by atoms with van der Waals surface area (Å²) in [5, 5.41) is 0. The molecule has 0 aromatic carbocycles. The molecule has 0 atom stereocenters. The zero-order valence-electron chi connectivity index (χ0n) is 7.61. The molecule has 0 aromatic heterocycles. The van der Waals surface area contributed by atoms with Crippen molar-refractivity contribution in [1.82, 2.24) is 0 Å². The van der Waals surface area contributed by atoms with Crippen LogP contribution in [0.5, 0.6) is 0 Å². The quantitative estimate of drug-likeness (QED) is 0.488. The monoisotopic (exact) mass is 319 g/mol. The van der Waals surface area contributed by atoms with E-state index in [0.29, 0.717) is 0 Å². The third kappa shape index (κ3) is 11.3. The molecule has 0 fully saturated rings. The summed E-state index contributed by atoms with van der Waals surface area (Å²) < 4.78 is 5.18. The molecule has 0 aromatic rings. The summed E-state index contributed by atoms with van der Waals surface area (Å²) in [5.41, 5.74) is 0. The molecule has 0 amide bonds. The third-order valence-corrected chi connectivity index (χ3v) is 4.38. The number of unbranched alkanes of at least 4 members (excludes halogenated alkanes) is 5. The van der Waals surface area contributed by atoms with Gasteiger partial charge in [-0.15, -0.1) is 0 Å². The molecule has 0 spiro atoms. The second kappa shape index (κ2) is 10.4. The van der Waals surface area contributed by atoms with E-state index in [1.807, 2.05) is 0 Å². The summed E-state index contributed by atoms with van der Waals surface area (Å²) in [6, 6.07) is 0. The van der Waals surface area contributed by atoms with Gasteiger partial charge in [0, 0.05) is 0 Å². The Morgan fingerprint density at radius 2 is 1.58 bits per heavy atom. The normalized spacial score (nSPS) is 11.0. The van der Waals surface area contributed by atoms with Gasteiger partial charge in [-0.05, 0) is 0 Å². The molecule has 73 valence electrons. The van der Waals surface area contributed by atoms with Gasteiger partial charge < -0.3 is 0 Å². The molecule has 0 heterocycles. The zero-order valence-corrected chi connectivity index (χ0v) is 12.0. The summed E-state index contributed by atoms with van der Waals surface area (Å²) in [5.74, 6) is 0. The number of hydrogen-bond acceptors (Lipinski definition) is 1. The molecule has 12 heavy (non-hydrogen) atoms. The van der Waals surface area contributed by atoms with Crippen molar-refractivity contribution in [2.75, 3.05) is 6.61 Å². The van der Waals surface area contributed by atoms with Crippen LogP contribution in [0.1, 0.15) is 45.4 Å². The maximum atomic E-state index is 5.58. The first-order valence-electron chi connectivity index (χ1n) is 4.58. The predicted molar refractivity (Wildman–Crippen MR) is 56.8 cm³/mol. The number of hydrogen-bond donors (Lipinski definition) is 0. The van der Waals surface area contributed by atoms with E-state index in [1.165, 1.54) is 32.1 Å².